The lowest BCUT2D eigenvalue weighted by molar-refractivity contribution is 0.477. The SMILES string of the molecule is [2H]C([2H])([2H])C(c1cc(-c2ncccc2C#N)cc(-c2cccc3c2nc(-c2cc(-c4ccccc4)ccc2O)n3-c2ccccc2)c1)(C([2H])([2H])[2H])C([2H])([2H])[2H]. The first-order valence-electron chi connectivity index (χ1n) is 19.0. The molecule has 0 saturated carbocycles. The van der Waals surface area contributed by atoms with Crippen LogP contribution < -0.4 is 0 Å². The van der Waals surface area contributed by atoms with Gasteiger partial charge in [-0.05, 0) is 82.3 Å². The molecule has 0 fully saturated rings. The summed E-state index contributed by atoms with van der Waals surface area (Å²) in [5.41, 5.74) is 1.01. The molecule has 0 radical (unpaired) electrons. The van der Waals surface area contributed by atoms with E-state index in [1.165, 1.54) is 24.4 Å². The Bertz CT molecular complexity index is 2550. The number of rotatable bonds is 5. The van der Waals surface area contributed by atoms with Crippen molar-refractivity contribution < 1.29 is 17.4 Å². The van der Waals surface area contributed by atoms with E-state index in [2.05, 4.69) is 11.1 Å². The molecule has 7 rings (SSSR count). The van der Waals surface area contributed by atoms with Crippen LogP contribution in [0, 0.1) is 11.3 Å². The zero-order valence-electron chi connectivity index (χ0n) is 33.4. The van der Waals surface area contributed by atoms with Crippen molar-refractivity contribution in [2.24, 2.45) is 0 Å². The number of nitriles is 1. The normalized spacial score (nSPS) is 15.2. The van der Waals surface area contributed by atoms with Crippen LogP contribution in [0.4, 0.5) is 0 Å². The van der Waals surface area contributed by atoms with Gasteiger partial charge in [0.15, 0.2) is 0 Å². The van der Waals surface area contributed by atoms with Gasteiger partial charge in [-0.15, -0.1) is 0 Å². The van der Waals surface area contributed by atoms with Gasteiger partial charge in [0, 0.05) is 35.3 Å². The third kappa shape index (κ3) is 5.21. The van der Waals surface area contributed by atoms with Crippen LogP contribution in [0.3, 0.4) is 0 Å². The topological polar surface area (TPSA) is 74.7 Å². The van der Waals surface area contributed by atoms with Gasteiger partial charge >= 0.3 is 0 Å². The highest BCUT2D eigenvalue weighted by Gasteiger charge is 2.23. The average molecular weight is 606 g/mol. The van der Waals surface area contributed by atoms with E-state index in [-0.39, 0.29) is 28.1 Å². The van der Waals surface area contributed by atoms with E-state index in [9.17, 15) is 10.4 Å². The molecule has 2 heterocycles. The number of hydrogen-bond acceptors (Lipinski definition) is 4. The number of imidazole rings is 1. The molecule has 0 atom stereocenters. The average Bonchev–Trinajstić information content (AvgIpc) is 3.53. The van der Waals surface area contributed by atoms with E-state index in [1.54, 1.807) is 30.3 Å². The standard InChI is InChI=1S/C41H32N4O/c1-41(2,3)32-23-30(22-31(24-32)38-29(26-42)14-11-21-43-38)34-17-10-18-36-39(34)44-40(45(36)33-15-8-5-9-16-33)35-25-28(19-20-37(35)46)27-12-6-4-7-13-27/h4-25,46H,1-3H3/i1D3,2D3,3D3. The highest BCUT2D eigenvalue weighted by atomic mass is 16.3. The van der Waals surface area contributed by atoms with Gasteiger partial charge in [-0.1, -0.05) is 93.4 Å². The second-order valence-corrected chi connectivity index (χ2v) is 10.9. The predicted molar refractivity (Wildman–Crippen MR) is 186 cm³/mol. The Labute approximate surface area is 281 Å². The minimum Gasteiger partial charge on any atom is -0.507 e. The fourth-order valence-corrected chi connectivity index (χ4v) is 5.74. The predicted octanol–water partition coefficient (Wildman–Crippen LogP) is 9.96. The molecule has 0 aliphatic carbocycles. The first kappa shape index (κ1) is 20.1. The molecule has 222 valence electrons. The summed E-state index contributed by atoms with van der Waals surface area (Å²) >= 11 is 0. The van der Waals surface area contributed by atoms with E-state index >= 15 is 0 Å². The summed E-state index contributed by atoms with van der Waals surface area (Å²) in [7, 11) is 0. The molecule has 0 aliphatic heterocycles. The van der Waals surface area contributed by atoms with E-state index in [1.807, 2.05) is 83.4 Å². The van der Waals surface area contributed by atoms with Crippen LogP contribution in [0.25, 0.3) is 61.6 Å². The number of fused-ring (bicyclic) bond motifs is 1. The molecular weight excluding hydrogens is 564 g/mol. The van der Waals surface area contributed by atoms with Crippen molar-refractivity contribution in [2.45, 2.75) is 26.0 Å². The number of para-hydroxylation sites is 2. The molecule has 0 unspecified atom stereocenters. The lowest BCUT2D eigenvalue weighted by Gasteiger charge is -2.22. The third-order valence-corrected chi connectivity index (χ3v) is 7.92. The number of aromatic hydroxyl groups is 1. The van der Waals surface area contributed by atoms with E-state index in [0.29, 0.717) is 28.0 Å². The van der Waals surface area contributed by atoms with Gasteiger partial charge in [0.1, 0.15) is 17.6 Å². The number of nitrogens with zero attached hydrogens (tertiary/aromatic N) is 4. The number of phenolic OH excluding ortho intramolecular Hbond substituents is 1. The van der Waals surface area contributed by atoms with Crippen LogP contribution >= 0.6 is 0 Å². The quantitative estimate of drug-likeness (QED) is 0.212. The molecule has 0 aliphatic rings. The Kier molecular flexibility index (Phi) is 5.03. The highest BCUT2D eigenvalue weighted by Crippen LogP contribution is 2.41. The van der Waals surface area contributed by atoms with Crippen molar-refractivity contribution in [3.8, 4) is 62.4 Å². The van der Waals surface area contributed by atoms with Gasteiger partial charge in [0.25, 0.3) is 0 Å². The monoisotopic (exact) mass is 605 g/mol. The summed E-state index contributed by atoms with van der Waals surface area (Å²) < 4.78 is 78.1. The third-order valence-electron chi connectivity index (χ3n) is 7.92. The first-order valence-corrected chi connectivity index (χ1v) is 14.5. The summed E-state index contributed by atoms with van der Waals surface area (Å²) in [6, 6.07) is 38.7. The lowest BCUT2D eigenvalue weighted by atomic mass is 9.83. The number of hydrogen-bond donors (Lipinski definition) is 1. The maximum absolute atomic E-state index is 11.3. The second-order valence-electron chi connectivity index (χ2n) is 10.9. The Hall–Kier alpha value is -5.99. The summed E-state index contributed by atoms with van der Waals surface area (Å²) in [6.07, 6.45) is 1.43. The minimum absolute atomic E-state index is 0.0324. The van der Waals surface area contributed by atoms with Crippen molar-refractivity contribution in [2.75, 3.05) is 0 Å². The zero-order chi connectivity index (χ0) is 39.3. The summed E-state index contributed by atoms with van der Waals surface area (Å²) in [4.78, 5) is 9.48. The fourth-order valence-electron chi connectivity index (χ4n) is 5.74. The van der Waals surface area contributed by atoms with Crippen molar-refractivity contribution in [1.29, 1.82) is 5.26 Å². The summed E-state index contributed by atoms with van der Waals surface area (Å²) in [6.45, 7) is -10.6. The van der Waals surface area contributed by atoms with Crippen LogP contribution in [0.2, 0.25) is 0 Å². The van der Waals surface area contributed by atoms with E-state index in [4.69, 9.17) is 17.3 Å². The maximum Gasteiger partial charge on any atom is 0.149 e. The number of aromatic nitrogens is 3. The van der Waals surface area contributed by atoms with Crippen LogP contribution in [-0.2, 0) is 5.41 Å². The Morgan fingerprint density at radius 1 is 0.717 bits per heavy atom. The molecule has 1 N–H and O–H groups in total. The molecule has 5 aromatic carbocycles. The minimum atomic E-state index is -3.54. The Morgan fingerprint density at radius 2 is 1.48 bits per heavy atom. The zero-order valence-corrected chi connectivity index (χ0v) is 24.4. The van der Waals surface area contributed by atoms with Crippen LogP contribution in [0.1, 0.15) is 44.0 Å². The number of pyridine rings is 1. The van der Waals surface area contributed by atoms with Crippen LogP contribution in [-0.4, -0.2) is 19.6 Å². The summed E-state index contributed by atoms with van der Waals surface area (Å²) in [5.74, 6) is 0.341. The molecule has 5 heteroatoms. The molecule has 0 bridgehead atoms. The molecular formula is C41H32N4O. The largest absolute Gasteiger partial charge is 0.507 e. The van der Waals surface area contributed by atoms with Crippen LogP contribution in [0.15, 0.2) is 134 Å². The Morgan fingerprint density at radius 3 is 2.24 bits per heavy atom. The van der Waals surface area contributed by atoms with Gasteiger partial charge in [-0.3, -0.25) is 9.55 Å². The van der Waals surface area contributed by atoms with Gasteiger partial charge in [-0.2, -0.15) is 5.26 Å². The van der Waals surface area contributed by atoms with Crippen molar-refractivity contribution in [3.63, 3.8) is 0 Å². The van der Waals surface area contributed by atoms with Crippen molar-refractivity contribution in [3.05, 3.63) is 145 Å². The van der Waals surface area contributed by atoms with Crippen molar-refractivity contribution >= 4 is 11.0 Å². The van der Waals surface area contributed by atoms with Gasteiger partial charge in [0.05, 0.1) is 27.9 Å². The molecule has 7 aromatic rings. The molecule has 46 heavy (non-hydrogen) atoms. The Balaban J connectivity index is 1.59. The molecule has 2 aromatic heterocycles. The van der Waals surface area contributed by atoms with E-state index in [0.717, 1.165) is 16.8 Å². The smallest absolute Gasteiger partial charge is 0.149 e. The van der Waals surface area contributed by atoms with Crippen molar-refractivity contribution in [1.82, 2.24) is 14.5 Å². The van der Waals surface area contributed by atoms with Gasteiger partial charge in [0.2, 0.25) is 0 Å². The second kappa shape index (κ2) is 11.5. The highest BCUT2D eigenvalue weighted by molar-refractivity contribution is 5.97. The lowest BCUT2D eigenvalue weighted by Crippen LogP contribution is -2.11. The maximum atomic E-state index is 11.3. The fraction of sp³-hybridized carbons (Fsp3) is 0.0976. The molecule has 0 saturated heterocycles. The van der Waals surface area contributed by atoms with Crippen LogP contribution in [0.5, 0.6) is 5.75 Å². The van der Waals surface area contributed by atoms with Gasteiger partial charge < -0.3 is 5.11 Å². The molecule has 0 amide bonds. The molecule has 5 nitrogen and oxygen atoms in total. The summed E-state index contributed by atoms with van der Waals surface area (Å²) in [5, 5.41) is 21.3. The number of phenols is 1. The van der Waals surface area contributed by atoms with E-state index < -0.39 is 31.5 Å². The first-order chi connectivity index (χ1) is 26.1. The molecule has 0 spiro atoms. The van der Waals surface area contributed by atoms with Gasteiger partial charge in [-0.25, -0.2) is 4.98 Å². The number of benzene rings is 5.